The number of nitriles is 1. The zero-order valence-electron chi connectivity index (χ0n) is 8.16. The van der Waals surface area contributed by atoms with Crippen LogP contribution < -0.4 is 0 Å². The van der Waals surface area contributed by atoms with Gasteiger partial charge >= 0.3 is 0 Å². The van der Waals surface area contributed by atoms with Gasteiger partial charge in [-0.15, -0.1) is 5.21 Å². The fraction of sp³-hybridized carbons (Fsp3) is 0.750. The van der Waals surface area contributed by atoms with E-state index >= 15 is 0 Å². The molecule has 71 valence electrons. The summed E-state index contributed by atoms with van der Waals surface area (Å²) in [6.07, 6.45) is 0. The molecular formula is C8H12N3O2. The summed E-state index contributed by atoms with van der Waals surface area (Å²) in [5.74, 6) is 0. The van der Waals surface area contributed by atoms with Crippen LogP contribution in [0.1, 0.15) is 27.7 Å². The van der Waals surface area contributed by atoms with Gasteiger partial charge in [0.25, 0.3) is 5.71 Å². The number of hydrogen-bond donors (Lipinski definition) is 0. The highest BCUT2D eigenvalue weighted by molar-refractivity contribution is 6.02. The summed E-state index contributed by atoms with van der Waals surface area (Å²) >= 11 is 0. The topological polar surface area (TPSA) is 73.0 Å². The Bertz CT molecular complexity index is 312. The molecule has 5 nitrogen and oxygen atoms in total. The van der Waals surface area contributed by atoms with E-state index < -0.39 is 11.2 Å². The third-order valence-electron chi connectivity index (χ3n) is 2.39. The van der Waals surface area contributed by atoms with Gasteiger partial charge in [-0.2, -0.15) is 10.0 Å². The summed E-state index contributed by atoms with van der Waals surface area (Å²) in [7, 11) is 0. The minimum atomic E-state index is -1.19. The first-order chi connectivity index (χ1) is 5.76. The maximum absolute atomic E-state index is 11.6. The summed E-state index contributed by atoms with van der Waals surface area (Å²) < 4.78 is 0.486. The summed E-state index contributed by atoms with van der Waals surface area (Å²) in [4.78, 5) is 0. The van der Waals surface area contributed by atoms with Crippen LogP contribution in [0.25, 0.3) is 0 Å². The van der Waals surface area contributed by atoms with E-state index in [-0.39, 0.29) is 5.71 Å². The zero-order chi connectivity index (χ0) is 10.4. The Balaban J connectivity index is 3.34. The molecule has 0 amide bonds. The van der Waals surface area contributed by atoms with Crippen molar-refractivity contribution in [3.05, 3.63) is 5.21 Å². The van der Waals surface area contributed by atoms with Crippen molar-refractivity contribution < 1.29 is 9.95 Å². The van der Waals surface area contributed by atoms with Crippen molar-refractivity contribution in [3.8, 4) is 6.07 Å². The van der Waals surface area contributed by atoms with Gasteiger partial charge in [-0.25, -0.2) is 0 Å². The third-order valence-corrected chi connectivity index (χ3v) is 2.39. The Hall–Kier alpha value is -1.12. The Morgan fingerprint density at radius 3 is 2.08 bits per heavy atom. The molecule has 1 aliphatic rings. The van der Waals surface area contributed by atoms with Gasteiger partial charge in [0, 0.05) is 13.8 Å². The van der Waals surface area contributed by atoms with Crippen LogP contribution in [-0.2, 0) is 5.21 Å². The predicted octanol–water partition coefficient (Wildman–Crippen LogP) is 0.637. The molecular weight excluding hydrogens is 170 g/mol. The SMILES string of the molecule is CC1(C)C(C#N)=[N+]([O-])C(C)(C)N1[O]. The average molecular weight is 182 g/mol. The first kappa shape index (κ1) is 9.96. The summed E-state index contributed by atoms with van der Waals surface area (Å²) in [6, 6.07) is 1.78. The lowest BCUT2D eigenvalue weighted by molar-refractivity contribution is -0.586. The third kappa shape index (κ3) is 1.03. The number of hydrogen-bond acceptors (Lipinski definition) is 3. The van der Waals surface area contributed by atoms with Crippen molar-refractivity contribution >= 4 is 5.71 Å². The minimum Gasteiger partial charge on any atom is -0.622 e. The smallest absolute Gasteiger partial charge is 0.289 e. The maximum Gasteiger partial charge on any atom is 0.289 e. The molecule has 1 rings (SSSR count). The van der Waals surface area contributed by atoms with Crippen LogP contribution in [0.2, 0.25) is 0 Å². The maximum atomic E-state index is 11.6. The molecule has 0 saturated carbocycles. The van der Waals surface area contributed by atoms with Crippen LogP contribution in [0.15, 0.2) is 0 Å². The van der Waals surface area contributed by atoms with Gasteiger partial charge in [0.2, 0.25) is 5.66 Å². The van der Waals surface area contributed by atoms with Gasteiger partial charge in [0.05, 0.1) is 0 Å². The van der Waals surface area contributed by atoms with E-state index in [1.165, 1.54) is 13.8 Å². The van der Waals surface area contributed by atoms with E-state index in [2.05, 4.69) is 0 Å². The molecule has 0 aliphatic carbocycles. The molecule has 0 aromatic carbocycles. The van der Waals surface area contributed by atoms with Crippen LogP contribution in [0, 0.1) is 16.5 Å². The molecule has 0 spiro atoms. The molecule has 0 saturated heterocycles. The second kappa shape index (κ2) is 2.44. The average Bonchev–Trinajstić information content (AvgIpc) is 2.12. The fourth-order valence-electron chi connectivity index (χ4n) is 1.57. The molecule has 0 fully saturated rings. The summed E-state index contributed by atoms with van der Waals surface area (Å²) in [5, 5.41) is 32.5. The second-order valence-corrected chi connectivity index (χ2v) is 4.10. The summed E-state index contributed by atoms with van der Waals surface area (Å²) in [6.45, 7) is 6.13. The van der Waals surface area contributed by atoms with Gasteiger partial charge in [0.15, 0.2) is 6.07 Å². The summed E-state index contributed by atoms with van der Waals surface area (Å²) in [5.41, 5.74) is -2.25. The fourth-order valence-corrected chi connectivity index (χ4v) is 1.57. The Morgan fingerprint density at radius 2 is 1.92 bits per heavy atom. The van der Waals surface area contributed by atoms with E-state index in [9.17, 15) is 10.4 Å². The largest absolute Gasteiger partial charge is 0.622 e. The number of hydroxylamine groups is 3. The van der Waals surface area contributed by atoms with Crippen molar-refractivity contribution in [3.63, 3.8) is 0 Å². The molecule has 0 aromatic heterocycles. The van der Waals surface area contributed by atoms with Gasteiger partial charge in [0.1, 0.15) is 5.54 Å². The van der Waals surface area contributed by atoms with Crippen LogP contribution in [0.4, 0.5) is 0 Å². The van der Waals surface area contributed by atoms with Gasteiger partial charge in [-0.05, 0) is 13.8 Å². The van der Waals surface area contributed by atoms with E-state index in [0.29, 0.717) is 9.80 Å². The number of rotatable bonds is 0. The number of nitrogens with zero attached hydrogens (tertiary/aromatic N) is 3. The lowest BCUT2D eigenvalue weighted by Gasteiger charge is -2.26. The van der Waals surface area contributed by atoms with Crippen LogP contribution in [0.3, 0.4) is 0 Å². The van der Waals surface area contributed by atoms with Crippen LogP contribution in [-0.4, -0.2) is 26.7 Å². The van der Waals surface area contributed by atoms with Crippen molar-refractivity contribution in [1.82, 2.24) is 5.06 Å². The molecule has 0 aromatic rings. The van der Waals surface area contributed by atoms with E-state index in [4.69, 9.17) is 5.26 Å². The zero-order valence-corrected chi connectivity index (χ0v) is 8.16. The first-order valence-electron chi connectivity index (χ1n) is 3.98. The second-order valence-electron chi connectivity index (χ2n) is 4.10. The van der Waals surface area contributed by atoms with Crippen LogP contribution >= 0.6 is 0 Å². The van der Waals surface area contributed by atoms with Gasteiger partial charge < -0.3 is 5.21 Å². The Labute approximate surface area is 77.0 Å². The van der Waals surface area contributed by atoms with E-state index in [1.54, 1.807) is 19.9 Å². The molecule has 0 bridgehead atoms. The van der Waals surface area contributed by atoms with E-state index in [0.717, 1.165) is 0 Å². The Morgan fingerprint density at radius 1 is 1.46 bits per heavy atom. The van der Waals surface area contributed by atoms with Crippen LogP contribution in [0.5, 0.6) is 0 Å². The molecule has 1 radical (unpaired) electrons. The molecule has 0 unspecified atom stereocenters. The monoisotopic (exact) mass is 182 g/mol. The van der Waals surface area contributed by atoms with Crippen molar-refractivity contribution in [2.24, 2.45) is 0 Å². The quantitative estimate of drug-likeness (QED) is 0.407. The standard InChI is InChI=1S/C8H12N3O2/c1-7(2)6(5-9)10(12)8(3,4)11(7)13/h1-4H3. The predicted molar refractivity (Wildman–Crippen MR) is 44.9 cm³/mol. The lowest BCUT2D eigenvalue weighted by atomic mass is 10.00. The van der Waals surface area contributed by atoms with E-state index in [1.807, 2.05) is 0 Å². The molecule has 1 aliphatic heterocycles. The van der Waals surface area contributed by atoms with Crippen molar-refractivity contribution in [2.75, 3.05) is 0 Å². The van der Waals surface area contributed by atoms with Gasteiger partial charge in [-0.3, -0.25) is 0 Å². The molecule has 13 heavy (non-hydrogen) atoms. The highest BCUT2D eigenvalue weighted by Gasteiger charge is 2.58. The molecule has 0 N–H and O–H groups in total. The van der Waals surface area contributed by atoms with Crippen molar-refractivity contribution in [1.29, 1.82) is 5.26 Å². The first-order valence-corrected chi connectivity index (χ1v) is 3.98. The Kier molecular flexibility index (Phi) is 1.87. The normalized spacial score (nSPS) is 26.2. The lowest BCUT2D eigenvalue weighted by Crippen LogP contribution is -2.50. The molecule has 1 heterocycles. The minimum absolute atomic E-state index is 0.0347. The van der Waals surface area contributed by atoms with Crippen molar-refractivity contribution in [2.45, 2.75) is 38.9 Å². The van der Waals surface area contributed by atoms with Gasteiger partial charge in [-0.1, -0.05) is 5.06 Å². The molecule has 5 heteroatoms. The highest BCUT2D eigenvalue weighted by atomic mass is 16.6. The highest BCUT2D eigenvalue weighted by Crippen LogP contribution is 2.32. The molecule has 0 atom stereocenters.